The molecule has 0 radical (unpaired) electrons. The van der Waals surface area contributed by atoms with Crippen LogP contribution >= 0.6 is 0 Å². The molecule has 0 atom stereocenters. The Balaban J connectivity index is 1.71. The summed E-state index contributed by atoms with van der Waals surface area (Å²) in [6.07, 6.45) is 4.45. The molecule has 0 aliphatic rings. The molecule has 0 aliphatic carbocycles. The van der Waals surface area contributed by atoms with E-state index in [0.29, 0.717) is 12.1 Å². The number of rotatable bonds is 5. The van der Waals surface area contributed by atoms with Crippen molar-refractivity contribution < 1.29 is 4.79 Å². The summed E-state index contributed by atoms with van der Waals surface area (Å²) in [7, 11) is 0. The highest BCUT2D eigenvalue weighted by molar-refractivity contribution is 5.92. The van der Waals surface area contributed by atoms with Crippen molar-refractivity contribution in [1.29, 1.82) is 0 Å². The lowest BCUT2D eigenvalue weighted by Crippen LogP contribution is -2.33. The summed E-state index contributed by atoms with van der Waals surface area (Å²) in [5, 5.41) is 0.936. The van der Waals surface area contributed by atoms with Gasteiger partial charge in [0.1, 0.15) is 5.69 Å². The van der Waals surface area contributed by atoms with E-state index in [9.17, 15) is 9.59 Å². The van der Waals surface area contributed by atoms with Crippen molar-refractivity contribution in [3.8, 4) is 0 Å². The van der Waals surface area contributed by atoms with Crippen molar-refractivity contribution >= 4 is 16.8 Å². The Morgan fingerprint density at radius 1 is 1.03 bits per heavy atom. The molecule has 4 rings (SSSR count). The van der Waals surface area contributed by atoms with E-state index in [1.165, 1.54) is 18.6 Å². The van der Waals surface area contributed by atoms with Gasteiger partial charge in [0.2, 0.25) is 0 Å². The van der Waals surface area contributed by atoms with E-state index in [1.807, 2.05) is 61.5 Å². The van der Waals surface area contributed by atoms with Crippen LogP contribution in [0.4, 0.5) is 0 Å². The number of H-pyrrole nitrogens is 1. The van der Waals surface area contributed by atoms with Gasteiger partial charge in [-0.15, -0.1) is 0 Å². The molecule has 29 heavy (non-hydrogen) atoms. The quantitative estimate of drug-likeness (QED) is 0.571. The Bertz CT molecular complexity index is 1200. The molecule has 2 aromatic carbocycles. The molecule has 0 spiro atoms. The number of hydrogen-bond acceptors (Lipinski definition) is 4. The number of nitrogens with one attached hydrogen (secondary N) is 1. The van der Waals surface area contributed by atoms with Gasteiger partial charge in [-0.3, -0.25) is 14.6 Å². The SMILES string of the molecule is Cc1ccc2[nH]c(=O)c(CN(Cc3ccccc3)C(=O)c3cnccn3)cc2c1. The molecule has 144 valence electrons. The van der Waals surface area contributed by atoms with Crippen LogP contribution in [0.5, 0.6) is 0 Å². The lowest BCUT2D eigenvalue weighted by Gasteiger charge is -2.22. The Hall–Kier alpha value is -3.80. The average Bonchev–Trinajstić information content (AvgIpc) is 2.75. The Morgan fingerprint density at radius 2 is 1.86 bits per heavy atom. The molecule has 1 amide bonds. The van der Waals surface area contributed by atoms with Gasteiger partial charge in [0.05, 0.1) is 12.7 Å². The number of benzene rings is 2. The second kappa shape index (κ2) is 8.06. The Morgan fingerprint density at radius 3 is 2.62 bits per heavy atom. The predicted molar refractivity (Wildman–Crippen MR) is 111 cm³/mol. The highest BCUT2D eigenvalue weighted by atomic mass is 16.2. The summed E-state index contributed by atoms with van der Waals surface area (Å²) < 4.78 is 0. The smallest absolute Gasteiger partial charge is 0.274 e. The van der Waals surface area contributed by atoms with Gasteiger partial charge in [-0.2, -0.15) is 0 Å². The van der Waals surface area contributed by atoms with Gasteiger partial charge >= 0.3 is 0 Å². The fraction of sp³-hybridized carbons (Fsp3) is 0.130. The first kappa shape index (κ1) is 18.6. The van der Waals surface area contributed by atoms with Crippen molar-refractivity contribution in [1.82, 2.24) is 19.9 Å². The number of aryl methyl sites for hydroxylation is 1. The van der Waals surface area contributed by atoms with E-state index in [-0.39, 0.29) is 23.7 Å². The van der Waals surface area contributed by atoms with Crippen molar-refractivity contribution in [2.75, 3.05) is 0 Å². The molecule has 4 aromatic rings. The van der Waals surface area contributed by atoms with Gasteiger partial charge in [0.25, 0.3) is 11.5 Å². The summed E-state index contributed by atoms with van der Waals surface area (Å²) in [6.45, 7) is 2.54. The normalized spacial score (nSPS) is 10.8. The molecule has 0 bridgehead atoms. The predicted octanol–water partition coefficient (Wildman–Crippen LogP) is 3.47. The zero-order chi connectivity index (χ0) is 20.2. The van der Waals surface area contributed by atoms with Gasteiger partial charge in [-0.05, 0) is 36.1 Å². The Labute approximate surface area is 167 Å². The first-order valence-corrected chi connectivity index (χ1v) is 9.32. The largest absolute Gasteiger partial charge is 0.328 e. The maximum Gasteiger partial charge on any atom is 0.274 e. The van der Waals surface area contributed by atoms with Crippen LogP contribution in [0, 0.1) is 6.92 Å². The molecule has 0 saturated heterocycles. The topological polar surface area (TPSA) is 79.0 Å². The number of nitrogens with zero attached hydrogens (tertiary/aromatic N) is 3. The summed E-state index contributed by atoms with van der Waals surface area (Å²) >= 11 is 0. The highest BCUT2D eigenvalue weighted by Crippen LogP contribution is 2.16. The minimum absolute atomic E-state index is 0.170. The first-order valence-electron chi connectivity index (χ1n) is 9.32. The summed E-state index contributed by atoms with van der Waals surface area (Å²) in [5.74, 6) is -0.273. The third-order valence-electron chi connectivity index (χ3n) is 4.72. The van der Waals surface area contributed by atoms with Crippen LogP contribution in [0.1, 0.15) is 27.2 Å². The van der Waals surface area contributed by atoms with E-state index in [2.05, 4.69) is 15.0 Å². The second-order valence-corrected chi connectivity index (χ2v) is 6.95. The van der Waals surface area contributed by atoms with Crippen molar-refractivity contribution in [3.05, 3.63) is 106 Å². The molecule has 1 N–H and O–H groups in total. The minimum Gasteiger partial charge on any atom is -0.328 e. The number of hydrogen-bond donors (Lipinski definition) is 1. The fourth-order valence-corrected chi connectivity index (χ4v) is 3.27. The number of pyridine rings is 1. The van der Waals surface area contributed by atoms with Crippen molar-refractivity contribution in [2.24, 2.45) is 0 Å². The van der Waals surface area contributed by atoms with E-state index in [4.69, 9.17) is 0 Å². The molecule has 0 saturated carbocycles. The van der Waals surface area contributed by atoms with Crippen LogP contribution in [0.3, 0.4) is 0 Å². The summed E-state index contributed by atoms with van der Waals surface area (Å²) in [6, 6.07) is 17.4. The molecule has 6 heteroatoms. The van der Waals surface area contributed by atoms with Crippen molar-refractivity contribution in [2.45, 2.75) is 20.0 Å². The fourth-order valence-electron chi connectivity index (χ4n) is 3.27. The number of aromatic amines is 1. The summed E-state index contributed by atoms with van der Waals surface area (Å²) in [5.41, 5.74) is 3.42. The zero-order valence-corrected chi connectivity index (χ0v) is 16.0. The van der Waals surface area contributed by atoms with E-state index < -0.39 is 0 Å². The average molecular weight is 384 g/mol. The van der Waals surface area contributed by atoms with E-state index in [1.54, 1.807) is 4.90 Å². The zero-order valence-electron chi connectivity index (χ0n) is 16.0. The molecule has 0 unspecified atom stereocenters. The minimum atomic E-state index is -0.273. The van der Waals surface area contributed by atoms with Gasteiger partial charge in [0.15, 0.2) is 0 Å². The molecule has 6 nitrogen and oxygen atoms in total. The number of amides is 1. The molecular formula is C23H20N4O2. The van der Waals surface area contributed by atoms with Gasteiger partial charge in [-0.25, -0.2) is 4.98 Å². The van der Waals surface area contributed by atoms with Crippen LogP contribution in [0.2, 0.25) is 0 Å². The van der Waals surface area contributed by atoms with Crippen LogP contribution < -0.4 is 5.56 Å². The Kier molecular flexibility index (Phi) is 5.16. The lowest BCUT2D eigenvalue weighted by molar-refractivity contribution is 0.0723. The molecule has 2 aromatic heterocycles. The van der Waals surface area contributed by atoms with Crippen LogP contribution in [-0.4, -0.2) is 25.8 Å². The maximum atomic E-state index is 13.1. The maximum absolute atomic E-state index is 13.1. The molecule has 2 heterocycles. The number of fused-ring (bicyclic) bond motifs is 1. The van der Waals surface area contributed by atoms with Crippen molar-refractivity contribution in [3.63, 3.8) is 0 Å². The molecule has 0 fully saturated rings. The standard InChI is InChI=1S/C23H20N4O2/c1-16-7-8-20-18(11-16)12-19(22(28)26-20)15-27(14-17-5-3-2-4-6-17)23(29)21-13-24-9-10-25-21/h2-13H,14-15H2,1H3,(H,26,28). The van der Waals surface area contributed by atoms with Crippen LogP contribution in [0.15, 0.2) is 78.0 Å². The third-order valence-corrected chi connectivity index (χ3v) is 4.72. The lowest BCUT2D eigenvalue weighted by atomic mass is 10.1. The van der Waals surface area contributed by atoms with Crippen LogP contribution in [0.25, 0.3) is 10.9 Å². The second-order valence-electron chi connectivity index (χ2n) is 6.95. The van der Waals surface area contributed by atoms with E-state index in [0.717, 1.165) is 22.0 Å². The first-order chi connectivity index (χ1) is 14.1. The highest BCUT2D eigenvalue weighted by Gasteiger charge is 2.19. The van der Waals surface area contributed by atoms with Gasteiger partial charge < -0.3 is 9.88 Å². The molecular weight excluding hydrogens is 364 g/mol. The van der Waals surface area contributed by atoms with Gasteiger partial charge in [0, 0.05) is 30.0 Å². The molecule has 0 aliphatic heterocycles. The number of aromatic nitrogens is 3. The third kappa shape index (κ3) is 4.21. The number of carbonyl (C=O) groups excluding carboxylic acids is 1. The monoisotopic (exact) mass is 384 g/mol. The van der Waals surface area contributed by atoms with Crippen LogP contribution in [-0.2, 0) is 13.1 Å². The van der Waals surface area contributed by atoms with E-state index >= 15 is 0 Å². The van der Waals surface area contributed by atoms with Gasteiger partial charge in [-0.1, -0.05) is 42.0 Å². The summed E-state index contributed by atoms with van der Waals surface area (Å²) in [4.78, 5) is 38.4. The number of carbonyl (C=O) groups is 1.